The molecule has 3 rings (SSSR count). The van der Waals surface area contributed by atoms with Crippen LogP contribution in [-0.2, 0) is 19.5 Å². The summed E-state index contributed by atoms with van der Waals surface area (Å²) in [4.78, 5) is 11.4. The lowest BCUT2D eigenvalue weighted by atomic mass is 10.1. The molecule has 1 aromatic heterocycles. The Labute approximate surface area is 179 Å². The van der Waals surface area contributed by atoms with Crippen molar-refractivity contribution in [2.75, 3.05) is 45.8 Å². The van der Waals surface area contributed by atoms with E-state index >= 15 is 0 Å². The molecule has 0 amide bonds. The second kappa shape index (κ2) is 12.0. The first-order valence-corrected chi connectivity index (χ1v) is 11.7. The Morgan fingerprint density at radius 3 is 2.41 bits per heavy atom. The van der Waals surface area contributed by atoms with Gasteiger partial charge in [-0.1, -0.05) is 37.3 Å². The lowest BCUT2D eigenvalue weighted by Crippen LogP contribution is -2.45. The number of thiophene rings is 1. The zero-order valence-electron chi connectivity index (χ0n) is 17.9. The summed E-state index contributed by atoms with van der Waals surface area (Å²) in [6, 6.07) is 13.0. The SMILES string of the molecule is CCNC(=NCc1ccccc1CN1CCN(CC)CC1)NCCc1cccs1. The fourth-order valence-electron chi connectivity index (χ4n) is 3.64. The van der Waals surface area contributed by atoms with Crippen molar-refractivity contribution in [1.29, 1.82) is 0 Å². The molecule has 29 heavy (non-hydrogen) atoms. The summed E-state index contributed by atoms with van der Waals surface area (Å²) in [6.07, 6.45) is 1.03. The van der Waals surface area contributed by atoms with Crippen molar-refractivity contribution in [1.82, 2.24) is 20.4 Å². The minimum Gasteiger partial charge on any atom is -0.357 e. The van der Waals surface area contributed by atoms with Crippen LogP contribution in [0, 0.1) is 0 Å². The molecule has 1 aromatic carbocycles. The van der Waals surface area contributed by atoms with Crippen molar-refractivity contribution in [2.45, 2.75) is 33.4 Å². The molecule has 6 heteroatoms. The Morgan fingerprint density at radius 2 is 1.72 bits per heavy atom. The van der Waals surface area contributed by atoms with Crippen LogP contribution in [0.4, 0.5) is 0 Å². The molecule has 0 aliphatic carbocycles. The first-order chi connectivity index (χ1) is 14.3. The fraction of sp³-hybridized carbons (Fsp3) is 0.522. The van der Waals surface area contributed by atoms with Crippen molar-refractivity contribution in [3.05, 3.63) is 57.8 Å². The van der Waals surface area contributed by atoms with E-state index in [9.17, 15) is 0 Å². The van der Waals surface area contributed by atoms with Gasteiger partial charge in [0, 0.05) is 50.7 Å². The van der Waals surface area contributed by atoms with E-state index in [0.29, 0.717) is 6.54 Å². The summed E-state index contributed by atoms with van der Waals surface area (Å²) in [5.74, 6) is 0.899. The maximum absolute atomic E-state index is 4.85. The Bertz CT molecular complexity index is 735. The molecule has 0 bridgehead atoms. The molecule has 2 N–H and O–H groups in total. The van der Waals surface area contributed by atoms with Crippen molar-refractivity contribution in [2.24, 2.45) is 4.99 Å². The number of hydrogen-bond acceptors (Lipinski definition) is 4. The predicted molar refractivity (Wildman–Crippen MR) is 125 cm³/mol. The van der Waals surface area contributed by atoms with Gasteiger partial charge in [-0.3, -0.25) is 4.90 Å². The van der Waals surface area contributed by atoms with Crippen LogP contribution in [0.5, 0.6) is 0 Å². The molecule has 0 saturated carbocycles. The summed E-state index contributed by atoms with van der Waals surface area (Å²) in [5, 5.41) is 8.98. The van der Waals surface area contributed by atoms with E-state index in [1.807, 2.05) is 11.3 Å². The van der Waals surface area contributed by atoms with Gasteiger partial charge in [0.2, 0.25) is 0 Å². The molecule has 1 fully saturated rings. The third kappa shape index (κ3) is 7.14. The fourth-order valence-corrected chi connectivity index (χ4v) is 4.34. The maximum Gasteiger partial charge on any atom is 0.191 e. The molecule has 0 radical (unpaired) electrons. The molecule has 1 aliphatic heterocycles. The van der Waals surface area contributed by atoms with Gasteiger partial charge in [0.25, 0.3) is 0 Å². The number of hydrogen-bond donors (Lipinski definition) is 2. The average molecular weight is 414 g/mol. The van der Waals surface area contributed by atoms with Crippen molar-refractivity contribution in [3.63, 3.8) is 0 Å². The molecule has 1 aliphatic rings. The smallest absolute Gasteiger partial charge is 0.191 e. The third-order valence-corrected chi connectivity index (χ3v) is 6.36. The first-order valence-electron chi connectivity index (χ1n) is 10.8. The van der Waals surface area contributed by atoms with Crippen LogP contribution in [0.15, 0.2) is 46.8 Å². The lowest BCUT2D eigenvalue weighted by Gasteiger charge is -2.34. The van der Waals surface area contributed by atoms with Gasteiger partial charge in [-0.25, -0.2) is 4.99 Å². The van der Waals surface area contributed by atoms with Crippen LogP contribution in [0.2, 0.25) is 0 Å². The highest BCUT2D eigenvalue weighted by Gasteiger charge is 2.16. The van der Waals surface area contributed by atoms with Crippen LogP contribution in [0.25, 0.3) is 0 Å². The van der Waals surface area contributed by atoms with Crippen LogP contribution in [0.3, 0.4) is 0 Å². The molecule has 1 saturated heterocycles. The van der Waals surface area contributed by atoms with Gasteiger partial charge < -0.3 is 15.5 Å². The van der Waals surface area contributed by atoms with Crippen LogP contribution in [0.1, 0.15) is 29.9 Å². The third-order valence-electron chi connectivity index (χ3n) is 5.42. The summed E-state index contributed by atoms with van der Waals surface area (Å²) in [6.45, 7) is 13.7. The van der Waals surface area contributed by atoms with E-state index in [1.165, 1.54) is 29.1 Å². The van der Waals surface area contributed by atoms with E-state index in [0.717, 1.165) is 51.6 Å². The summed E-state index contributed by atoms with van der Waals surface area (Å²) >= 11 is 1.81. The zero-order valence-corrected chi connectivity index (χ0v) is 18.7. The zero-order chi connectivity index (χ0) is 20.3. The Balaban J connectivity index is 1.55. The normalized spacial score (nSPS) is 16.1. The quantitative estimate of drug-likeness (QED) is 0.489. The molecule has 0 atom stereocenters. The Hall–Kier alpha value is -1.89. The van der Waals surface area contributed by atoms with Gasteiger partial charge in [0.1, 0.15) is 0 Å². The second-order valence-electron chi connectivity index (χ2n) is 7.43. The average Bonchev–Trinajstić information content (AvgIpc) is 3.27. The standard InChI is InChI=1S/C23H35N5S/c1-3-24-23(25-12-11-22-10-7-17-29-22)26-18-20-8-5-6-9-21(20)19-28-15-13-27(4-2)14-16-28/h5-10,17H,3-4,11-16,18-19H2,1-2H3,(H2,24,25,26). The number of piperazine rings is 1. The molecular weight excluding hydrogens is 378 g/mol. The van der Waals surface area contributed by atoms with E-state index in [2.05, 4.69) is 76.1 Å². The van der Waals surface area contributed by atoms with E-state index in [-0.39, 0.29) is 0 Å². The summed E-state index contributed by atoms with van der Waals surface area (Å²) < 4.78 is 0. The minimum atomic E-state index is 0.708. The number of aliphatic imine (C=N–C) groups is 1. The number of likely N-dealkylation sites (N-methyl/N-ethyl adjacent to an activating group) is 1. The largest absolute Gasteiger partial charge is 0.357 e. The summed E-state index contributed by atoms with van der Waals surface area (Å²) in [5.41, 5.74) is 2.72. The number of nitrogens with zero attached hydrogens (tertiary/aromatic N) is 3. The number of benzene rings is 1. The molecule has 158 valence electrons. The highest BCUT2D eigenvalue weighted by molar-refractivity contribution is 7.09. The van der Waals surface area contributed by atoms with Crippen LogP contribution < -0.4 is 10.6 Å². The molecule has 2 aromatic rings. The molecule has 0 spiro atoms. The number of nitrogens with one attached hydrogen (secondary N) is 2. The van der Waals surface area contributed by atoms with Crippen LogP contribution in [-0.4, -0.2) is 61.6 Å². The molecule has 0 unspecified atom stereocenters. The maximum atomic E-state index is 4.85. The molecular formula is C23H35N5S. The van der Waals surface area contributed by atoms with Crippen molar-refractivity contribution >= 4 is 17.3 Å². The highest BCUT2D eigenvalue weighted by Crippen LogP contribution is 2.15. The predicted octanol–water partition coefficient (Wildman–Crippen LogP) is 3.18. The van der Waals surface area contributed by atoms with Gasteiger partial charge in [-0.15, -0.1) is 11.3 Å². The second-order valence-corrected chi connectivity index (χ2v) is 8.46. The Kier molecular flexibility index (Phi) is 8.99. The first kappa shape index (κ1) is 21.8. The minimum absolute atomic E-state index is 0.708. The van der Waals surface area contributed by atoms with E-state index < -0.39 is 0 Å². The van der Waals surface area contributed by atoms with Crippen molar-refractivity contribution in [3.8, 4) is 0 Å². The molecule has 5 nitrogen and oxygen atoms in total. The highest BCUT2D eigenvalue weighted by atomic mass is 32.1. The van der Waals surface area contributed by atoms with Crippen LogP contribution >= 0.6 is 11.3 Å². The number of guanidine groups is 1. The van der Waals surface area contributed by atoms with Gasteiger partial charge in [-0.2, -0.15) is 0 Å². The number of rotatable bonds is 9. The van der Waals surface area contributed by atoms with Crippen molar-refractivity contribution < 1.29 is 0 Å². The van der Waals surface area contributed by atoms with E-state index in [1.54, 1.807) is 0 Å². The molecule has 2 heterocycles. The topological polar surface area (TPSA) is 42.9 Å². The van der Waals surface area contributed by atoms with Gasteiger partial charge in [0.05, 0.1) is 6.54 Å². The monoisotopic (exact) mass is 413 g/mol. The van der Waals surface area contributed by atoms with Gasteiger partial charge in [0.15, 0.2) is 5.96 Å². The lowest BCUT2D eigenvalue weighted by molar-refractivity contribution is 0.131. The van der Waals surface area contributed by atoms with Gasteiger partial charge in [-0.05, 0) is 42.5 Å². The van der Waals surface area contributed by atoms with E-state index in [4.69, 9.17) is 4.99 Å². The van der Waals surface area contributed by atoms with Gasteiger partial charge >= 0.3 is 0 Å². The summed E-state index contributed by atoms with van der Waals surface area (Å²) in [7, 11) is 0. The Morgan fingerprint density at radius 1 is 0.966 bits per heavy atom.